The topological polar surface area (TPSA) is 99.0 Å². The van der Waals surface area contributed by atoms with Gasteiger partial charge in [-0.3, -0.25) is 5.41 Å². The Morgan fingerprint density at radius 2 is 2.03 bits per heavy atom. The molecule has 1 aliphatic rings. The molecule has 1 unspecified atom stereocenters. The fourth-order valence-corrected chi connectivity index (χ4v) is 4.06. The van der Waals surface area contributed by atoms with Crippen LogP contribution in [0.5, 0.6) is 5.75 Å². The van der Waals surface area contributed by atoms with Crippen molar-refractivity contribution in [2.24, 2.45) is 0 Å². The van der Waals surface area contributed by atoms with Gasteiger partial charge in [0.05, 0.1) is 18.4 Å². The number of anilines is 2. The molecule has 6 nitrogen and oxygen atoms in total. The first-order valence-electron chi connectivity index (χ1n) is 10.4. The van der Waals surface area contributed by atoms with Crippen LogP contribution in [0.4, 0.5) is 11.5 Å². The van der Waals surface area contributed by atoms with Crippen LogP contribution in [0.3, 0.4) is 0 Å². The fourth-order valence-electron chi connectivity index (χ4n) is 4.06. The summed E-state index contributed by atoms with van der Waals surface area (Å²) in [6.07, 6.45) is 2.44. The van der Waals surface area contributed by atoms with Crippen LogP contribution in [-0.2, 0) is 5.41 Å². The van der Waals surface area contributed by atoms with Gasteiger partial charge in [0.2, 0.25) is 0 Å². The molecule has 0 spiro atoms. The zero-order chi connectivity index (χ0) is 21.8. The monoisotopic (exact) mass is 411 g/mol. The Kier molecular flexibility index (Phi) is 5.59. The summed E-state index contributed by atoms with van der Waals surface area (Å²) in [5.41, 5.74) is 8.81. The second-order valence-electron chi connectivity index (χ2n) is 7.69. The molecule has 1 atom stereocenters. The van der Waals surface area contributed by atoms with E-state index in [1.807, 2.05) is 55.5 Å². The maximum absolute atomic E-state index is 9.97. The maximum atomic E-state index is 9.97. The average Bonchev–Trinajstić information content (AvgIpc) is 3.27. The van der Waals surface area contributed by atoms with Crippen LogP contribution in [-0.4, -0.2) is 30.4 Å². The van der Waals surface area contributed by atoms with Crippen molar-refractivity contribution >= 4 is 17.2 Å². The number of nitrogens with one attached hydrogen (secondary N) is 1. The molecule has 1 aromatic heterocycles. The minimum absolute atomic E-state index is 0.316. The highest BCUT2D eigenvalue weighted by atomic mass is 16.5. The molecule has 0 amide bonds. The molecule has 2 heterocycles. The quantitative estimate of drug-likeness (QED) is 0.469. The lowest BCUT2D eigenvalue weighted by molar-refractivity contribution is 0.340. The lowest BCUT2D eigenvalue weighted by Gasteiger charge is -2.23. The molecule has 156 valence electrons. The minimum Gasteiger partial charge on any atom is -0.494 e. The van der Waals surface area contributed by atoms with Gasteiger partial charge in [0, 0.05) is 36.1 Å². The summed E-state index contributed by atoms with van der Waals surface area (Å²) in [4.78, 5) is 6.64. The van der Waals surface area contributed by atoms with Crippen LogP contribution >= 0.6 is 0 Å². The first-order valence-corrected chi connectivity index (χ1v) is 10.4. The van der Waals surface area contributed by atoms with Gasteiger partial charge in [0.15, 0.2) is 0 Å². The number of aromatic nitrogens is 1. The van der Waals surface area contributed by atoms with Crippen molar-refractivity contribution in [2.75, 3.05) is 30.3 Å². The molecule has 3 aromatic rings. The highest BCUT2D eigenvalue weighted by Crippen LogP contribution is 2.36. The van der Waals surface area contributed by atoms with Gasteiger partial charge in [-0.15, -0.1) is 0 Å². The third kappa shape index (κ3) is 3.95. The van der Waals surface area contributed by atoms with Crippen molar-refractivity contribution in [1.29, 1.82) is 10.7 Å². The van der Waals surface area contributed by atoms with Gasteiger partial charge in [0.25, 0.3) is 0 Å². The highest BCUT2D eigenvalue weighted by molar-refractivity contribution is 6.14. The van der Waals surface area contributed by atoms with E-state index >= 15 is 0 Å². The highest BCUT2D eigenvalue weighted by Gasteiger charge is 2.40. The molecule has 0 saturated carbocycles. The summed E-state index contributed by atoms with van der Waals surface area (Å²) < 4.78 is 5.57. The SMILES string of the molecule is CCOc1ccc(N)c(C(=N)c2ccnc(N3CCC(C#N)(c4ccccc4)C3)c2)c1. The van der Waals surface area contributed by atoms with Crippen LogP contribution in [0.25, 0.3) is 0 Å². The van der Waals surface area contributed by atoms with E-state index in [0.717, 1.165) is 29.9 Å². The Bertz CT molecular complexity index is 1140. The van der Waals surface area contributed by atoms with Gasteiger partial charge in [-0.25, -0.2) is 4.98 Å². The second-order valence-corrected chi connectivity index (χ2v) is 7.69. The van der Waals surface area contributed by atoms with Crippen molar-refractivity contribution in [1.82, 2.24) is 4.98 Å². The molecule has 0 radical (unpaired) electrons. The van der Waals surface area contributed by atoms with E-state index in [0.29, 0.717) is 35.9 Å². The van der Waals surface area contributed by atoms with Gasteiger partial charge in [-0.1, -0.05) is 30.3 Å². The Labute approximate surface area is 182 Å². The summed E-state index contributed by atoms with van der Waals surface area (Å²) in [7, 11) is 0. The summed E-state index contributed by atoms with van der Waals surface area (Å²) >= 11 is 0. The Morgan fingerprint density at radius 3 is 2.77 bits per heavy atom. The molecule has 4 rings (SSSR count). The summed E-state index contributed by atoms with van der Waals surface area (Å²) in [6, 6.07) is 21.5. The molecule has 1 aliphatic heterocycles. The molecule has 0 bridgehead atoms. The number of rotatable bonds is 6. The van der Waals surface area contributed by atoms with E-state index in [4.69, 9.17) is 15.9 Å². The zero-order valence-electron chi connectivity index (χ0n) is 17.5. The first kappa shape index (κ1) is 20.4. The van der Waals surface area contributed by atoms with E-state index in [9.17, 15) is 5.26 Å². The minimum atomic E-state index is -0.553. The van der Waals surface area contributed by atoms with Crippen molar-refractivity contribution in [3.8, 4) is 11.8 Å². The number of ether oxygens (including phenoxy) is 1. The Hall–Kier alpha value is -3.85. The number of nitrogens with zero attached hydrogens (tertiary/aromatic N) is 3. The molecular formula is C25H25N5O. The Balaban J connectivity index is 1.61. The van der Waals surface area contributed by atoms with Gasteiger partial charge in [-0.05, 0) is 49.2 Å². The van der Waals surface area contributed by atoms with Crippen molar-refractivity contribution in [2.45, 2.75) is 18.8 Å². The maximum Gasteiger partial charge on any atom is 0.129 e. The third-order valence-electron chi connectivity index (χ3n) is 5.77. The largest absolute Gasteiger partial charge is 0.494 e. The second kappa shape index (κ2) is 8.49. The van der Waals surface area contributed by atoms with Crippen LogP contribution in [0.15, 0.2) is 66.9 Å². The fraction of sp³-hybridized carbons (Fsp3) is 0.240. The number of nitriles is 1. The van der Waals surface area contributed by atoms with E-state index in [1.165, 1.54) is 0 Å². The van der Waals surface area contributed by atoms with Crippen LogP contribution in [0.2, 0.25) is 0 Å². The number of benzene rings is 2. The molecule has 3 N–H and O–H groups in total. The summed E-state index contributed by atoms with van der Waals surface area (Å²) in [5, 5.41) is 18.7. The van der Waals surface area contributed by atoms with Crippen LogP contribution in [0.1, 0.15) is 30.0 Å². The molecular weight excluding hydrogens is 386 g/mol. The number of hydrogen-bond acceptors (Lipinski definition) is 6. The third-order valence-corrected chi connectivity index (χ3v) is 5.77. The van der Waals surface area contributed by atoms with Gasteiger partial charge < -0.3 is 15.4 Å². The standard InChI is InChI=1S/C25H25N5O/c1-2-31-20-8-9-22(27)21(15-20)24(28)18-10-12-29-23(14-18)30-13-11-25(16-26,17-30)19-6-4-3-5-7-19/h3-10,12,14-15,28H,2,11,13,17,27H2,1H3. The predicted octanol–water partition coefficient (Wildman–Crippen LogP) is 4.15. The van der Waals surface area contributed by atoms with E-state index in [-0.39, 0.29) is 0 Å². The van der Waals surface area contributed by atoms with E-state index < -0.39 is 5.41 Å². The molecule has 2 aromatic carbocycles. The van der Waals surface area contributed by atoms with Gasteiger partial charge >= 0.3 is 0 Å². The van der Waals surface area contributed by atoms with Crippen molar-refractivity contribution < 1.29 is 4.74 Å². The number of pyridine rings is 1. The van der Waals surface area contributed by atoms with E-state index in [1.54, 1.807) is 18.3 Å². The van der Waals surface area contributed by atoms with Gasteiger partial charge in [-0.2, -0.15) is 5.26 Å². The zero-order valence-corrected chi connectivity index (χ0v) is 17.5. The van der Waals surface area contributed by atoms with Crippen LogP contribution in [0, 0.1) is 16.7 Å². The smallest absolute Gasteiger partial charge is 0.129 e. The average molecular weight is 412 g/mol. The predicted molar refractivity (Wildman–Crippen MR) is 123 cm³/mol. The lowest BCUT2D eigenvalue weighted by atomic mass is 9.81. The molecule has 1 fully saturated rings. The molecule has 31 heavy (non-hydrogen) atoms. The van der Waals surface area contributed by atoms with Crippen LogP contribution < -0.4 is 15.4 Å². The van der Waals surface area contributed by atoms with E-state index in [2.05, 4.69) is 16.0 Å². The van der Waals surface area contributed by atoms with Crippen molar-refractivity contribution in [3.05, 3.63) is 83.6 Å². The normalized spacial score (nSPS) is 17.9. The Morgan fingerprint density at radius 1 is 1.23 bits per heavy atom. The summed E-state index contributed by atoms with van der Waals surface area (Å²) in [6.45, 7) is 3.77. The molecule has 0 aliphatic carbocycles. The first-order chi connectivity index (χ1) is 15.1. The molecule has 6 heteroatoms. The number of nitrogens with two attached hydrogens (primary N) is 1. The van der Waals surface area contributed by atoms with Crippen molar-refractivity contribution in [3.63, 3.8) is 0 Å². The molecule has 1 saturated heterocycles. The lowest BCUT2D eigenvalue weighted by Crippen LogP contribution is -2.30. The van der Waals surface area contributed by atoms with Gasteiger partial charge in [0.1, 0.15) is 17.0 Å². The number of nitrogen functional groups attached to an aromatic ring is 1. The summed E-state index contributed by atoms with van der Waals surface area (Å²) in [5.74, 6) is 1.45. The number of hydrogen-bond donors (Lipinski definition) is 2.